The third-order valence-electron chi connectivity index (χ3n) is 5.48. The van der Waals surface area contributed by atoms with Crippen molar-refractivity contribution in [2.45, 2.75) is 32.0 Å². The first kappa shape index (κ1) is 21.0. The minimum absolute atomic E-state index is 0.110. The van der Waals surface area contributed by atoms with E-state index in [1.807, 2.05) is 48.7 Å². The predicted molar refractivity (Wildman–Crippen MR) is 122 cm³/mol. The summed E-state index contributed by atoms with van der Waals surface area (Å²) in [6, 6.07) is 19.5. The summed E-state index contributed by atoms with van der Waals surface area (Å²) >= 11 is 5.95. The van der Waals surface area contributed by atoms with Crippen molar-refractivity contribution < 1.29 is 4.79 Å². The minimum Gasteiger partial charge on any atom is -0.311 e. The van der Waals surface area contributed by atoms with Gasteiger partial charge >= 0.3 is 0 Å². The average Bonchev–Trinajstić information content (AvgIpc) is 3.64. The van der Waals surface area contributed by atoms with Crippen molar-refractivity contribution in [3.05, 3.63) is 94.3 Å². The topological polar surface area (TPSA) is 60.2 Å². The number of hydrogen-bond acceptors (Lipinski definition) is 4. The number of hydrogen-bond donors (Lipinski definition) is 0. The van der Waals surface area contributed by atoms with Crippen LogP contribution in [0.5, 0.6) is 0 Å². The van der Waals surface area contributed by atoms with Gasteiger partial charge in [0, 0.05) is 49.3 Å². The number of benzene rings is 2. The van der Waals surface area contributed by atoms with Gasteiger partial charge in [0.05, 0.1) is 17.2 Å². The summed E-state index contributed by atoms with van der Waals surface area (Å²) in [6.07, 6.45) is 5.80. The Bertz CT molecular complexity index is 1100. The zero-order chi connectivity index (χ0) is 21.8. The van der Waals surface area contributed by atoms with Crippen LogP contribution in [0, 0.1) is 11.3 Å². The third kappa shape index (κ3) is 5.29. The smallest absolute Gasteiger partial charge is 0.259 e. The quantitative estimate of drug-likeness (QED) is 0.526. The molecule has 5 nitrogen and oxygen atoms in total. The first-order chi connectivity index (χ1) is 15.0. The summed E-state index contributed by atoms with van der Waals surface area (Å²) in [4.78, 5) is 21.3. The van der Waals surface area contributed by atoms with Gasteiger partial charge in [-0.1, -0.05) is 23.7 Å². The maximum absolute atomic E-state index is 13.0. The maximum atomic E-state index is 13.0. The second kappa shape index (κ2) is 9.30. The summed E-state index contributed by atoms with van der Waals surface area (Å²) in [5.74, 6) is -0.110. The van der Waals surface area contributed by atoms with Gasteiger partial charge in [-0.2, -0.15) is 5.26 Å². The number of rotatable bonds is 7. The van der Waals surface area contributed by atoms with Crippen molar-refractivity contribution >= 4 is 23.2 Å². The monoisotopic (exact) mass is 430 g/mol. The first-order valence-corrected chi connectivity index (χ1v) is 10.6. The van der Waals surface area contributed by atoms with Gasteiger partial charge in [0.25, 0.3) is 5.91 Å². The molecule has 0 spiro atoms. The molecule has 4 rings (SSSR count). The molecule has 1 fully saturated rings. The van der Waals surface area contributed by atoms with Gasteiger partial charge in [-0.3, -0.25) is 14.7 Å². The second-order valence-electron chi connectivity index (χ2n) is 7.87. The number of nitriles is 1. The lowest BCUT2D eigenvalue weighted by molar-refractivity contribution is 0.0992. The fourth-order valence-corrected chi connectivity index (χ4v) is 3.70. The number of pyridine rings is 1. The highest BCUT2D eigenvalue weighted by Crippen LogP contribution is 2.30. The van der Waals surface area contributed by atoms with Gasteiger partial charge in [-0.25, -0.2) is 0 Å². The second-order valence-corrected chi connectivity index (χ2v) is 8.30. The van der Waals surface area contributed by atoms with E-state index in [0.29, 0.717) is 22.2 Å². The molecule has 1 aromatic heterocycles. The molecule has 0 N–H and O–H groups in total. The van der Waals surface area contributed by atoms with Gasteiger partial charge in [-0.05, 0) is 66.4 Å². The Hall–Kier alpha value is -3.20. The van der Waals surface area contributed by atoms with Gasteiger partial charge in [0.1, 0.15) is 0 Å². The van der Waals surface area contributed by atoms with Gasteiger partial charge < -0.3 is 4.90 Å². The molecule has 0 unspecified atom stereocenters. The van der Waals surface area contributed by atoms with E-state index >= 15 is 0 Å². The van der Waals surface area contributed by atoms with Crippen molar-refractivity contribution in [3.8, 4) is 6.07 Å². The molecular weight excluding hydrogens is 408 g/mol. The fraction of sp³-hybridized carbons (Fsp3) is 0.240. The molecule has 1 aliphatic carbocycles. The van der Waals surface area contributed by atoms with Crippen LogP contribution in [0.1, 0.15) is 39.9 Å². The Labute approximate surface area is 187 Å². The lowest BCUT2D eigenvalue weighted by atomic mass is 10.1. The molecule has 0 radical (unpaired) electrons. The number of carbonyl (C=O) groups excluding carboxylic acids is 1. The Morgan fingerprint density at radius 1 is 1.06 bits per heavy atom. The van der Waals surface area contributed by atoms with E-state index in [1.165, 1.54) is 18.4 Å². The molecule has 1 amide bonds. The van der Waals surface area contributed by atoms with E-state index in [-0.39, 0.29) is 5.91 Å². The third-order valence-corrected chi connectivity index (χ3v) is 5.73. The summed E-state index contributed by atoms with van der Waals surface area (Å²) < 4.78 is 0. The number of nitrogens with zero attached hydrogens (tertiary/aromatic N) is 4. The first-order valence-electron chi connectivity index (χ1n) is 10.2. The van der Waals surface area contributed by atoms with Crippen LogP contribution in [0.3, 0.4) is 0 Å². The summed E-state index contributed by atoms with van der Waals surface area (Å²) in [7, 11) is 1.75. The molecule has 2 aromatic carbocycles. The van der Waals surface area contributed by atoms with Crippen LogP contribution in [0.25, 0.3) is 0 Å². The van der Waals surface area contributed by atoms with Gasteiger partial charge in [0.2, 0.25) is 0 Å². The molecule has 0 saturated heterocycles. The molecule has 3 aromatic rings. The maximum Gasteiger partial charge on any atom is 0.259 e. The van der Waals surface area contributed by atoms with Crippen LogP contribution in [0.15, 0.2) is 67.0 Å². The SMILES string of the molecule is CN(C(=O)c1cncc(CN(Cc2ccc(C#N)cc2)C2CC2)c1)c1ccc(Cl)cc1. The minimum atomic E-state index is -0.110. The number of carbonyl (C=O) groups is 1. The van der Waals surface area contributed by atoms with E-state index in [4.69, 9.17) is 16.9 Å². The van der Waals surface area contributed by atoms with Crippen LogP contribution in [-0.4, -0.2) is 28.9 Å². The predicted octanol–water partition coefficient (Wildman–Crippen LogP) is 5.05. The van der Waals surface area contributed by atoms with Crippen molar-refractivity contribution in [3.63, 3.8) is 0 Å². The molecule has 1 aliphatic rings. The van der Waals surface area contributed by atoms with Crippen LogP contribution in [0.2, 0.25) is 5.02 Å². The number of amides is 1. The lowest BCUT2D eigenvalue weighted by Crippen LogP contribution is -2.27. The zero-order valence-corrected chi connectivity index (χ0v) is 18.1. The number of aromatic nitrogens is 1. The van der Waals surface area contributed by atoms with Crippen molar-refractivity contribution in [1.29, 1.82) is 5.26 Å². The van der Waals surface area contributed by atoms with E-state index in [0.717, 1.165) is 24.3 Å². The van der Waals surface area contributed by atoms with Crippen molar-refractivity contribution in [2.24, 2.45) is 0 Å². The average molecular weight is 431 g/mol. The standard InChI is InChI=1S/C25H23ClN4O/c1-29(23-8-6-22(26)7-9-23)25(31)21-12-20(14-28-15-21)17-30(24-10-11-24)16-19-4-2-18(13-27)3-5-19/h2-9,12,14-15,24H,10-11,16-17H2,1H3. The normalized spacial score (nSPS) is 13.1. The number of anilines is 1. The van der Waals surface area contributed by atoms with E-state index in [1.54, 1.807) is 30.3 Å². The number of halogens is 1. The van der Waals surface area contributed by atoms with Gasteiger partial charge in [0.15, 0.2) is 0 Å². The largest absolute Gasteiger partial charge is 0.311 e. The van der Waals surface area contributed by atoms with Crippen LogP contribution in [0.4, 0.5) is 5.69 Å². The van der Waals surface area contributed by atoms with Crippen molar-refractivity contribution in [1.82, 2.24) is 9.88 Å². The molecule has 0 aliphatic heterocycles. The molecule has 6 heteroatoms. The fourth-order valence-electron chi connectivity index (χ4n) is 3.57. The summed E-state index contributed by atoms with van der Waals surface area (Å²) in [5, 5.41) is 9.63. The summed E-state index contributed by atoms with van der Waals surface area (Å²) in [6.45, 7) is 1.53. The van der Waals surface area contributed by atoms with E-state index in [2.05, 4.69) is 16.0 Å². The van der Waals surface area contributed by atoms with E-state index < -0.39 is 0 Å². The van der Waals surface area contributed by atoms with E-state index in [9.17, 15) is 4.79 Å². The molecule has 31 heavy (non-hydrogen) atoms. The van der Waals surface area contributed by atoms with Crippen LogP contribution in [-0.2, 0) is 13.1 Å². The molecular formula is C25H23ClN4O. The Balaban J connectivity index is 1.47. The Morgan fingerprint density at radius 3 is 2.39 bits per heavy atom. The van der Waals surface area contributed by atoms with Crippen LogP contribution >= 0.6 is 11.6 Å². The molecule has 1 saturated carbocycles. The molecule has 156 valence electrons. The Morgan fingerprint density at radius 2 is 1.74 bits per heavy atom. The molecule has 0 atom stereocenters. The summed E-state index contributed by atoms with van der Waals surface area (Å²) in [5.41, 5.74) is 4.19. The zero-order valence-electron chi connectivity index (χ0n) is 17.3. The lowest BCUT2D eigenvalue weighted by Gasteiger charge is -2.23. The molecule has 0 bridgehead atoms. The Kier molecular flexibility index (Phi) is 6.31. The highest BCUT2D eigenvalue weighted by atomic mass is 35.5. The highest BCUT2D eigenvalue weighted by Gasteiger charge is 2.29. The van der Waals surface area contributed by atoms with Crippen molar-refractivity contribution in [2.75, 3.05) is 11.9 Å². The molecule has 1 heterocycles. The van der Waals surface area contributed by atoms with Gasteiger partial charge in [-0.15, -0.1) is 0 Å². The highest BCUT2D eigenvalue weighted by molar-refractivity contribution is 6.30. The van der Waals surface area contributed by atoms with Crippen LogP contribution < -0.4 is 4.90 Å².